The minimum atomic E-state index is -0.882. The van der Waals surface area contributed by atoms with Gasteiger partial charge in [0, 0.05) is 17.8 Å². The van der Waals surface area contributed by atoms with E-state index in [1.165, 1.54) is 0 Å². The maximum atomic E-state index is 10.3. The van der Waals surface area contributed by atoms with Crippen LogP contribution in [0.25, 0.3) is 16.9 Å². The van der Waals surface area contributed by atoms with Gasteiger partial charge in [-0.3, -0.25) is 0 Å². The summed E-state index contributed by atoms with van der Waals surface area (Å²) in [6.07, 6.45) is 0.541. The van der Waals surface area contributed by atoms with Crippen molar-refractivity contribution in [3.63, 3.8) is 0 Å². The van der Waals surface area contributed by atoms with Crippen molar-refractivity contribution in [3.8, 4) is 22.8 Å². The minimum Gasteiger partial charge on any atom is -0.457 e. The van der Waals surface area contributed by atoms with E-state index in [2.05, 4.69) is 17.2 Å². The van der Waals surface area contributed by atoms with Gasteiger partial charge in [0.15, 0.2) is 5.65 Å². The van der Waals surface area contributed by atoms with Gasteiger partial charge < -0.3 is 20.3 Å². The summed E-state index contributed by atoms with van der Waals surface area (Å²) in [7, 11) is 0. The first-order valence-electron chi connectivity index (χ1n) is 10.2. The smallest absolute Gasteiger partial charge is 0.157 e. The fraction of sp³-hybridized carbons (Fsp3) is 0.208. The number of para-hydroxylation sites is 1. The fourth-order valence-corrected chi connectivity index (χ4v) is 3.95. The number of benzene rings is 2. The van der Waals surface area contributed by atoms with Crippen molar-refractivity contribution in [2.24, 2.45) is 5.92 Å². The Morgan fingerprint density at radius 3 is 2.55 bits per heavy atom. The molecule has 0 bridgehead atoms. The van der Waals surface area contributed by atoms with Crippen molar-refractivity contribution in [2.75, 3.05) is 5.32 Å². The standard InChI is InChI=1S/C24H23N4O3/c1-15-12-20(24(30)23(15)29)26-21-10-11-25-22-14-19(27-28(21)22)16-6-5-9-18(13-16)31-17-7-3-2-4-8-17/h2-11,13-15,20,23-24,26,29-30H,1,12H2/t15-,20-,23-,24+/m1/s1. The van der Waals surface area contributed by atoms with E-state index in [-0.39, 0.29) is 12.0 Å². The first-order chi connectivity index (χ1) is 15.1. The zero-order chi connectivity index (χ0) is 21.4. The molecule has 31 heavy (non-hydrogen) atoms. The van der Waals surface area contributed by atoms with Crippen LogP contribution in [0.5, 0.6) is 11.5 Å². The number of rotatable bonds is 5. The summed E-state index contributed by atoms with van der Waals surface area (Å²) in [6.45, 7) is 3.91. The maximum absolute atomic E-state index is 10.3. The fourth-order valence-electron chi connectivity index (χ4n) is 3.95. The number of hydrogen-bond acceptors (Lipinski definition) is 6. The molecule has 2 aromatic heterocycles. The predicted octanol–water partition coefficient (Wildman–Crippen LogP) is 3.54. The van der Waals surface area contributed by atoms with Crippen LogP contribution in [0.4, 0.5) is 5.82 Å². The molecule has 7 heteroatoms. The summed E-state index contributed by atoms with van der Waals surface area (Å²) in [6, 6.07) is 20.7. The molecule has 4 aromatic rings. The lowest BCUT2D eigenvalue weighted by Gasteiger charge is -2.19. The van der Waals surface area contributed by atoms with Gasteiger partial charge in [0.05, 0.1) is 17.8 Å². The van der Waals surface area contributed by atoms with Gasteiger partial charge in [-0.2, -0.15) is 9.61 Å². The number of nitrogens with one attached hydrogen (secondary N) is 1. The molecule has 5 rings (SSSR count). The van der Waals surface area contributed by atoms with Crippen LogP contribution in [-0.4, -0.2) is 43.1 Å². The number of anilines is 1. The maximum Gasteiger partial charge on any atom is 0.157 e. The van der Waals surface area contributed by atoms with Crippen molar-refractivity contribution in [1.29, 1.82) is 0 Å². The van der Waals surface area contributed by atoms with Crippen LogP contribution in [0, 0.1) is 12.8 Å². The highest BCUT2D eigenvalue weighted by atomic mass is 16.5. The Labute approximate surface area is 180 Å². The number of fused-ring (bicyclic) bond motifs is 1. The second-order valence-corrected chi connectivity index (χ2v) is 7.80. The third-order valence-corrected chi connectivity index (χ3v) is 5.60. The highest BCUT2D eigenvalue weighted by Gasteiger charge is 2.39. The number of hydrogen-bond donors (Lipinski definition) is 3. The van der Waals surface area contributed by atoms with Gasteiger partial charge in [-0.15, -0.1) is 0 Å². The highest BCUT2D eigenvalue weighted by molar-refractivity contribution is 5.67. The van der Waals surface area contributed by atoms with Crippen molar-refractivity contribution < 1.29 is 14.9 Å². The Morgan fingerprint density at radius 2 is 1.77 bits per heavy atom. The number of aromatic nitrogens is 3. The molecule has 1 saturated carbocycles. The van der Waals surface area contributed by atoms with E-state index < -0.39 is 12.2 Å². The molecule has 1 aliphatic rings. The predicted molar refractivity (Wildman–Crippen MR) is 118 cm³/mol. The minimum absolute atomic E-state index is 0.217. The molecule has 1 aliphatic carbocycles. The topological polar surface area (TPSA) is 91.9 Å². The Balaban J connectivity index is 1.43. The van der Waals surface area contributed by atoms with Crippen LogP contribution in [0.2, 0.25) is 0 Å². The first kappa shape index (κ1) is 19.5. The molecule has 3 N–H and O–H groups in total. The summed E-state index contributed by atoms with van der Waals surface area (Å²) in [5.74, 6) is 1.96. The SMILES string of the molecule is [CH2][C@@H]1C[C@@H](Nc2ccnc3cc(-c4cccc(Oc5ccccc5)c4)nn23)[C@H](O)[C@@H]1O. The number of aliphatic hydroxyl groups is 2. The average molecular weight is 415 g/mol. The van der Waals surface area contributed by atoms with Crippen molar-refractivity contribution >= 4 is 11.5 Å². The molecule has 1 radical (unpaired) electrons. The Bertz CT molecular complexity index is 1190. The molecule has 4 atom stereocenters. The summed E-state index contributed by atoms with van der Waals surface area (Å²) < 4.78 is 7.64. The van der Waals surface area contributed by atoms with Crippen molar-refractivity contribution in [1.82, 2.24) is 14.6 Å². The van der Waals surface area contributed by atoms with E-state index in [9.17, 15) is 10.2 Å². The third-order valence-electron chi connectivity index (χ3n) is 5.60. The molecular formula is C24H23N4O3. The zero-order valence-electron chi connectivity index (χ0n) is 16.8. The van der Waals surface area contributed by atoms with Crippen LogP contribution < -0.4 is 10.1 Å². The molecular weight excluding hydrogens is 392 g/mol. The van der Waals surface area contributed by atoms with E-state index in [0.717, 1.165) is 22.8 Å². The molecule has 0 saturated heterocycles. The highest BCUT2D eigenvalue weighted by Crippen LogP contribution is 2.30. The average Bonchev–Trinajstić information content (AvgIpc) is 3.33. The van der Waals surface area contributed by atoms with E-state index in [0.29, 0.717) is 17.9 Å². The Morgan fingerprint density at radius 1 is 0.968 bits per heavy atom. The molecule has 157 valence electrons. The number of aliphatic hydroxyl groups excluding tert-OH is 2. The van der Waals surface area contributed by atoms with Crippen LogP contribution >= 0.6 is 0 Å². The van der Waals surface area contributed by atoms with E-state index >= 15 is 0 Å². The van der Waals surface area contributed by atoms with Crippen molar-refractivity contribution in [3.05, 3.63) is 79.9 Å². The van der Waals surface area contributed by atoms with Crippen LogP contribution in [0.1, 0.15) is 6.42 Å². The lowest BCUT2D eigenvalue weighted by atomic mass is 10.1. The second kappa shape index (κ2) is 8.02. The van der Waals surface area contributed by atoms with Gasteiger partial charge in [0.25, 0.3) is 0 Å². The van der Waals surface area contributed by atoms with Gasteiger partial charge in [-0.05, 0) is 49.6 Å². The van der Waals surface area contributed by atoms with Crippen LogP contribution in [0.3, 0.4) is 0 Å². The molecule has 0 amide bonds. The molecule has 7 nitrogen and oxygen atoms in total. The van der Waals surface area contributed by atoms with Crippen LogP contribution in [0.15, 0.2) is 72.9 Å². The Kier molecular flexibility index (Phi) is 5.05. The van der Waals surface area contributed by atoms with E-state index in [1.54, 1.807) is 16.8 Å². The largest absolute Gasteiger partial charge is 0.457 e. The van der Waals surface area contributed by atoms with E-state index in [1.807, 2.05) is 60.7 Å². The van der Waals surface area contributed by atoms with E-state index in [4.69, 9.17) is 9.84 Å². The number of nitrogens with zero attached hydrogens (tertiary/aromatic N) is 3. The summed E-state index contributed by atoms with van der Waals surface area (Å²) >= 11 is 0. The first-order valence-corrected chi connectivity index (χ1v) is 10.2. The van der Waals surface area contributed by atoms with Gasteiger partial charge in [0.1, 0.15) is 23.4 Å². The molecule has 1 fully saturated rings. The molecule has 2 heterocycles. The van der Waals surface area contributed by atoms with Gasteiger partial charge >= 0.3 is 0 Å². The monoisotopic (exact) mass is 415 g/mol. The van der Waals surface area contributed by atoms with Crippen molar-refractivity contribution in [2.45, 2.75) is 24.7 Å². The molecule has 0 spiro atoms. The summed E-state index contributed by atoms with van der Waals surface area (Å²) in [5, 5.41) is 28.3. The van der Waals surface area contributed by atoms with Crippen LogP contribution in [-0.2, 0) is 0 Å². The van der Waals surface area contributed by atoms with Gasteiger partial charge in [-0.25, -0.2) is 4.98 Å². The summed E-state index contributed by atoms with van der Waals surface area (Å²) in [4.78, 5) is 4.41. The van der Waals surface area contributed by atoms with Gasteiger partial charge in [0.2, 0.25) is 0 Å². The zero-order valence-corrected chi connectivity index (χ0v) is 16.8. The second-order valence-electron chi connectivity index (χ2n) is 7.80. The Hall–Kier alpha value is -3.42. The lowest BCUT2D eigenvalue weighted by molar-refractivity contribution is 0.0256. The number of ether oxygens (including phenoxy) is 1. The van der Waals surface area contributed by atoms with Gasteiger partial charge in [-0.1, -0.05) is 30.3 Å². The third kappa shape index (κ3) is 3.85. The molecule has 2 aromatic carbocycles. The molecule has 0 unspecified atom stereocenters. The lowest BCUT2D eigenvalue weighted by Crippen LogP contribution is -2.35. The summed E-state index contributed by atoms with van der Waals surface area (Å²) in [5.41, 5.74) is 2.33. The quantitative estimate of drug-likeness (QED) is 0.462. The molecule has 0 aliphatic heterocycles. The normalized spacial score (nSPS) is 23.2.